The molecule has 0 aliphatic rings. The van der Waals surface area contributed by atoms with Crippen molar-refractivity contribution in [1.82, 2.24) is 0 Å². The second-order valence-electron chi connectivity index (χ2n) is 1.67. The second kappa shape index (κ2) is 3.43. The normalized spacial score (nSPS) is 7.78. The van der Waals surface area contributed by atoms with Gasteiger partial charge in [0, 0.05) is 0 Å². The van der Waals surface area contributed by atoms with E-state index < -0.39 is 0 Å². The summed E-state index contributed by atoms with van der Waals surface area (Å²) in [6, 6.07) is 10.0. The minimum atomic E-state index is 1.05. The Kier molecular flexibility index (Phi) is 2.49. The Morgan fingerprint density at radius 1 is 1.11 bits per heavy atom. The van der Waals surface area contributed by atoms with Gasteiger partial charge in [0.1, 0.15) is 0 Å². The molecule has 0 aliphatic carbocycles. The van der Waals surface area contributed by atoms with Crippen molar-refractivity contribution in [1.29, 1.82) is 0 Å². The molecule has 1 heteroatoms. The Balaban J connectivity index is 2.94. The van der Waals surface area contributed by atoms with Crippen molar-refractivity contribution in [3.63, 3.8) is 0 Å². The van der Waals surface area contributed by atoms with Gasteiger partial charge in [-0.25, -0.2) is 0 Å². The van der Waals surface area contributed by atoms with E-state index in [1.807, 2.05) is 30.3 Å². The molecule has 39 valence electrons. The number of hydrogen-bond acceptors (Lipinski definition) is 0. The first-order valence-corrected chi connectivity index (χ1v) is 4.25. The Hall–Kier alpha value is -0.597. The summed E-state index contributed by atoms with van der Waals surface area (Å²) < 4.78 is 2.96. The minimum absolute atomic E-state index is 1.05. The molecule has 0 unspecified atom stereocenters. The van der Waals surface area contributed by atoms with Crippen molar-refractivity contribution in [3.05, 3.63) is 35.9 Å². The fourth-order valence-corrected chi connectivity index (χ4v) is 1.05. The Labute approximate surface area is 65.0 Å². The van der Waals surface area contributed by atoms with Gasteiger partial charge in [-0.05, 0) is 0 Å². The second-order valence-corrected chi connectivity index (χ2v) is 2.41. The zero-order valence-electron chi connectivity index (χ0n) is 5.09. The molecule has 0 aliphatic heterocycles. The van der Waals surface area contributed by atoms with E-state index in [1.165, 1.54) is 0 Å². The monoisotopic (exact) mass is 165 g/mol. The molecular weight excluding hydrogens is 161 g/mol. The number of benzene rings is 1. The standard InChI is InChI=1S/C8H5.Zn/c1-2-8-6-4-3-5-7-8;/h3-7H;. The molecule has 0 saturated carbocycles. The molecule has 0 fully saturated rings. The first-order chi connectivity index (χ1) is 4.43. The number of rotatable bonds is 0. The topological polar surface area (TPSA) is 0 Å². The summed E-state index contributed by atoms with van der Waals surface area (Å²) >= 11 is 1.05. The predicted octanol–water partition coefficient (Wildman–Crippen LogP) is 1.54. The van der Waals surface area contributed by atoms with Gasteiger partial charge < -0.3 is 0 Å². The van der Waals surface area contributed by atoms with Gasteiger partial charge in [-0.1, -0.05) is 0 Å². The van der Waals surface area contributed by atoms with E-state index in [0.29, 0.717) is 0 Å². The van der Waals surface area contributed by atoms with Gasteiger partial charge in [0.05, 0.1) is 0 Å². The van der Waals surface area contributed by atoms with Crippen LogP contribution in [0.5, 0.6) is 0 Å². The van der Waals surface area contributed by atoms with Crippen molar-refractivity contribution >= 4 is 0 Å². The van der Waals surface area contributed by atoms with Crippen LogP contribution in [0, 0.1) is 10.4 Å². The van der Waals surface area contributed by atoms with Gasteiger partial charge in [0.15, 0.2) is 0 Å². The van der Waals surface area contributed by atoms with E-state index >= 15 is 0 Å². The summed E-state index contributed by atoms with van der Waals surface area (Å²) in [4.78, 5) is 0. The third-order valence-corrected chi connectivity index (χ3v) is 1.38. The molecular formula is C8H5Zn. The molecule has 9 heavy (non-hydrogen) atoms. The van der Waals surface area contributed by atoms with Crippen LogP contribution < -0.4 is 0 Å². The van der Waals surface area contributed by atoms with Gasteiger partial charge in [0.25, 0.3) is 0 Å². The van der Waals surface area contributed by atoms with Gasteiger partial charge in [-0.3, -0.25) is 0 Å². The predicted molar refractivity (Wildman–Crippen MR) is 33.3 cm³/mol. The molecule has 1 rings (SSSR count). The summed E-state index contributed by atoms with van der Waals surface area (Å²) in [6.07, 6.45) is 0. The van der Waals surface area contributed by atoms with Crippen molar-refractivity contribution in [3.8, 4) is 10.4 Å². The van der Waals surface area contributed by atoms with E-state index in [9.17, 15) is 0 Å². The maximum absolute atomic E-state index is 3.01. The van der Waals surface area contributed by atoms with Crippen molar-refractivity contribution in [2.75, 3.05) is 0 Å². The van der Waals surface area contributed by atoms with Crippen molar-refractivity contribution in [2.24, 2.45) is 0 Å². The molecule has 0 N–H and O–H groups in total. The van der Waals surface area contributed by atoms with Crippen LogP contribution in [-0.4, -0.2) is 0 Å². The van der Waals surface area contributed by atoms with Crippen molar-refractivity contribution < 1.29 is 18.3 Å². The number of hydrogen-bond donors (Lipinski definition) is 0. The SMILES string of the molecule is [Zn][C]#Cc1ccccc1. The van der Waals surface area contributed by atoms with Crippen LogP contribution in [0.3, 0.4) is 0 Å². The molecule has 1 aromatic rings. The molecule has 1 aromatic carbocycles. The van der Waals surface area contributed by atoms with Gasteiger partial charge >= 0.3 is 64.6 Å². The maximum atomic E-state index is 3.01. The third-order valence-electron chi connectivity index (χ3n) is 1.01. The average Bonchev–Trinajstić information content (AvgIpc) is 1.91. The molecule has 0 saturated heterocycles. The quantitative estimate of drug-likeness (QED) is 0.405. The first kappa shape index (κ1) is 6.52. The summed E-state index contributed by atoms with van der Waals surface area (Å²) in [7, 11) is 0. The molecule has 0 radical (unpaired) electrons. The summed E-state index contributed by atoms with van der Waals surface area (Å²) in [6.45, 7) is 0. The third kappa shape index (κ3) is 2.00. The fourth-order valence-electron chi connectivity index (χ4n) is 0.624. The van der Waals surface area contributed by atoms with E-state index in [4.69, 9.17) is 0 Å². The van der Waals surface area contributed by atoms with Crippen LogP contribution in [0.2, 0.25) is 0 Å². The van der Waals surface area contributed by atoms with Crippen LogP contribution in [0.4, 0.5) is 0 Å². The zero-order chi connectivity index (χ0) is 6.53. The van der Waals surface area contributed by atoms with Crippen LogP contribution in [0.15, 0.2) is 30.3 Å². The fraction of sp³-hybridized carbons (Fsp3) is 0. The zero-order valence-corrected chi connectivity index (χ0v) is 8.06. The Morgan fingerprint density at radius 2 is 1.78 bits per heavy atom. The molecule has 0 spiro atoms. The summed E-state index contributed by atoms with van der Waals surface area (Å²) in [5, 5.41) is 0. The van der Waals surface area contributed by atoms with E-state index in [0.717, 1.165) is 23.9 Å². The van der Waals surface area contributed by atoms with E-state index in [-0.39, 0.29) is 0 Å². The van der Waals surface area contributed by atoms with Gasteiger partial charge in [-0.15, -0.1) is 0 Å². The molecule has 0 nitrogen and oxygen atoms in total. The Morgan fingerprint density at radius 3 is 2.33 bits per heavy atom. The van der Waals surface area contributed by atoms with E-state index in [2.05, 4.69) is 10.4 Å². The van der Waals surface area contributed by atoms with Crippen LogP contribution in [0.25, 0.3) is 0 Å². The molecule has 0 amide bonds. The van der Waals surface area contributed by atoms with Gasteiger partial charge in [0.2, 0.25) is 0 Å². The molecule has 0 aromatic heterocycles. The average molecular weight is 167 g/mol. The molecule has 0 atom stereocenters. The van der Waals surface area contributed by atoms with Crippen LogP contribution in [0.1, 0.15) is 5.56 Å². The van der Waals surface area contributed by atoms with E-state index in [1.54, 1.807) is 0 Å². The van der Waals surface area contributed by atoms with Crippen LogP contribution in [-0.2, 0) is 18.3 Å². The Bertz CT molecular complexity index is 228. The molecule has 0 bridgehead atoms. The first-order valence-electron chi connectivity index (χ1n) is 2.76. The van der Waals surface area contributed by atoms with Gasteiger partial charge in [-0.2, -0.15) is 0 Å². The summed E-state index contributed by atoms with van der Waals surface area (Å²) in [5.74, 6) is 3.01. The summed E-state index contributed by atoms with van der Waals surface area (Å²) in [5.41, 5.74) is 1.11. The van der Waals surface area contributed by atoms with Crippen molar-refractivity contribution in [2.45, 2.75) is 0 Å². The molecule has 0 heterocycles. The van der Waals surface area contributed by atoms with Crippen LogP contribution >= 0.6 is 0 Å².